The Labute approximate surface area is 143 Å². The fraction of sp³-hybridized carbons (Fsp3) is 0.400. The van der Waals surface area contributed by atoms with Crippen molar-refractivity contribution in [2.45, 2.75) is 36.8 Å². The van der Waals surface area contributed by atoms with Crippen LogP contribution in [0.4, 0.5) is 0 Å². The summed E-state index contributed by atoms with van der Waals surface area (Å²) in [5.41, 5.74) is 8.20. The molecule has 24 heavy (non-hydrogen) atoms. The smallest absolute Gasteiger partial charge is 0.222 e. The first-order valence-corrected chi connectivity index (χ1v) is 8.70. The van der Waals surface area contributed by atoms with Gasteiger partial charge in [0.15, 0.2) is 0 Å². The second-order valence-corrected chi connectivity index (χ2v) is 6.66. The van der Waals surface area contributed by atoms with E-state index in [-0.39, 0.29) is 18.2 Å². The highest BCUT2D eigenvalue weighted by Crippen LogP contribution is 2.41. The van der Waals surface area contributed by atoms with Gasteiger partial charge in [-0.2, -0.15) is 0 Å². The molecule has 0 bridgehead atoms. The Balaban J connectivity index is 1.66. The number of benzene rings is 2. The van der Waals surface area contributed by atoms with E-state index >= 15 is 0 Å². The van der Waals surface area contributed by atoms with Crippen LogP contribution < -0.4 is 11.1 Å². The third-order valence-electron chi connectivity index (χ3n) is 5.00. The molecule has 0 aromatic heterocycles. The second-order valence-electron chi connectivity index (χ2n) is 6.66. The summed E-state index contributed by atoms with van der Waals surface area (Å²) in [5.74, 6) is -0.837. The van der Waals surface area contributed by atoms with E-state index in [1.165, 1.54) is 0 Å². The predicted molar refractivity (Wildman–Crippen MR) is 93.5 cm³/mol. The maximum Gasteiger partial charge on any atom is 0.222 e. The molecule has 0 amide bonds. The summed E-state index contributed by atoms with van der Waals surface area (Å²) < 4.78 is 12.9. The maximum absolute atomic E-state index is 6.57. The minimum Gasteiger partial charge on any atom is -0.339 e. The molecule has 3 N–H and O–H groups in total. The zero-order valence-electron chi connectivity index (χ0n) is 13.7. The first-order valence-electron chi connectivity index (χ1n) is 8.70. The standard InChI is InChI=1S/C20H24N2O2/c21-17-11-12-22-18(13-17)19-14-23-20(24-19,15-7-3-1-4-8-15)16-9-5-2-6-10-16/h1-10,17-19,22H,11-14,21H2/t17-,18-,19+/m0/s1. The fourth-order valence-corrected chi connectivity index (χ4v) is 3.73. The summed E-state index contributed by atoms with van der Waals surface area (Å²) in [7, 11) is 0. The molecule has 2 heterocycles. The number of piperidine rings is 1. The zero-order chi connectivity index (χ0) is 16.4. The van der Waals surface area contributed by atoms with Crippen LogP contribution in [0, 0.1) is 0 Å². The Hall–Kier alpha value is -1.72. The van der Waals surface area contributed by atoms with Gasteiger partial charge < -0.3 is 20.5 Å². The average molecular weight is 324 g/mol. The van der Waals surface area contributed by atoms with Crippen molar-refractivity contribution in [3.8, 4) is 0 Å². The molecule has 4 rings (SSSR count). The topological polar surface area (TPSA) is 56.5 Å². The summed E-state index contributed by atoms with van der Waals surface area (Å²) in [6.45, 7) is 1.50. The van der Waals surface area contributed by atoms with Crippen molar-refractivity contribution in [1.29, 1.82) is 0 Å². The molecular weight excluding hydrogens is 300 g/mol. The van der Waals surface area contributed by atoms with Crippen molar-refractivity contribution in [2.24, 2.45) is 5.73 Å². The molecule has 0 unspecified atom stereocenters. The number of nitrogens with two attached hydrogens (primary N) is 1. The molecule has 0 saturated carbocycles. The van der Waals surface area contributed by atoms with Crippen LogP contribution in [0.1, 0.15) is 24.0 Å². The Morgan fingerprint density at radius 1 is 0.958 bits per heavy atom. The van der Waals surface area contributed by atoms with E-state index in [0.717, 1.165) is 30.5 Å². The fourth-order valence-electron chi connectivity index (χ4n) is 3.73. The first kappa shape index (κ1) is 15.8. The van der Waals surface area contributed by atoms with Crippen LogP contribution >= 0.6 is 0 Å². The molecule has 3 atom stereocenters. The molecule has 4 nitrogen and oxygen atoms in total. The van der Waals surface area contributed by atoms with E-state index in [1.54, 1.807) is 0 Å². The average Bonchev–Trinajstić information content (AvgIpc) is 3.10. The monoisotopic (exact) mass is 324 g/mol. The molecular formula is C20H24N2O2. The summed E-state index contributed by atoms with van der Waals surface area (Å²) in [5, 5.41) is 3.55. The van der Waals surface area contributed by atoms with Crippen molar-refractivity contribution in [2.75, 3.05) is 13.2 Å². The molecule has 2 aromatic rings. The van der Waals surface area contributed by atoms with Crippen LogP contribution in [0.15, 0.2) is 60.7 Å². The van der Waals surface area contributed by atoms with E-state index in [9.17, 15) is 0 Å². The van der Waals surface area contributed by atoms with Crippen molar-refractivity contribution < 1.29 is 9.47 Å². The maximum atomic E-state index is 6.57. The predicted octanol–water partition coefficient (Wildman–Crippen LogP) is 2.38. The molecule has 126 valence electrons. The van der Waals surface area contributed by atoms with Crippen molar-refractivity contribution >= 4 is 0 Å². The quantitative estimate of drug-likeness (QED) is 0.910. The number of hydrogen-bond donors (Lipinski definition) is 2. The van der Waals surface area contributed by atoms with Gasteiger partial charge in [-0.15, -0.1) is 0 Å². The lowest BCUT2D eigenvalue weighted by atomic mass is 9.95. The minimum absolute atomic E-state index is 0.00300. The van der Waals surface area contributed by atoms with Gasteiger partial charge in [0.1, 0.15) is 6.10 Å². The minimum atomic E-state index is -0.837. The lowest BCUT2D eigenvalue weighted by Gasteiger charge is -2.33. The number of rotatable bonds is 3. The Kier molecular flexibility index (Phi) is 4.37. The van der Waals surface area contributed by atoms with Gasteiger partial charge >= 0.3 is 0 Å². The molecule has 0 aliphatic carbocycles. The molecule has 0 spiro atoms. The largest absolute Gasteiger partial charge is 0.339 e. The van der Waals surface area contributed by atoms with Gasteiger partial charge in [0.05, 0.1) is 6.61 Å². The van der Waals surface area contributed by atoms with E-state index in [2.05, 4.69) is 29.6 Å². The normalized spacial score (nSPS) is 29.5. The zero-order valence-corrected chi connectivity index (χ0v) is 13.7. The second kappa shape index (κ2) is 6.65. The Bertz CT molecular complexity index is 622. The molecule has 0 radical (unpaired) electrons. The SMILES string of the molecule is N[C@H]1CCN[C@H]([C@H]2COC(c3ccccc3)(c3ccccc3)O2)C1. The molecule has 2 fully saturated rings. The van der Waals surface area contributed by atoms with E-state index in [4.69, 9.17) is 15.2 Å². The molecule has 4 heteroatoms. The molecule has 2 aliphatic rings. The molecule has 2 aromatic carbocycles. The van der Waals surface area contributed by atoms with Crippen molar-refractivity contribution in [3.63, 3.8) is 0 Å². The van der Waals surface area contributed by atoms with Crippen LogP contribution in [-0.2, 0) is 15.3 Å². The van der Waals surface area contributed by atoms with Gasteiger partial charge in [-0.05, 0) is 19.4 Å². The lowest BCUT2D eigenvalue weighted by molar-refractivity contribution is -0.146. The highest BCUT2D eigenvalue weighted by Gasteiger charge is 2.47. The summed E-state index contributed by atoms with van der Waals surface area (Å²) in [4.78, 5) is 0. The van der Waals surface area contributed by atoms with Gasteiger partial charge in [0, 0.05) is 23.2 Å². The third kappa shape index (κ3) is 2.87. The highest BCUT2D eigenvalue weighted by atomic mass is 16.7. The highest BCUT2D eigenvalue weighted by molar-refractivity contribution is 5.34. The third-order valence-corrected chi connectivity index (χ3v) is 5.00. The van der Waals surface area contributed by atoms with Crippen LogP contribution in [-0.4, -0.2) is 31.3 Å². The Morgan fingerprint density at radius 2 is 1.58 bits per heavy atom. The van der Waals surface area contributed by atoms with E-state index in [1.807, 2.05) is 36.4 Å². The van der Waals surface area contributed by atoms with Gasteiger partial charge in [-0.25, -0.2) is 0 Å². The van der Waals surface area contributed by atoms with Crippen LogP contribution in [0.5, 0.6) is 0 Å². The number of ether oxygens (including phenoxy) is 2. The van der Waals surface area contributed by atoms with Gasteiger partial charge in [0.2, 0.25) is 5.79 Å². The van der Waals surface area contributed by atoms with Crippen LogP contribution in [0.2, 0.25) is 0 Å². The summed E-state index contributed by atoms with van der Waals surface area (Å²) >= 11 is 0. The molecule has 2 saturated heterocycles. The van der Waals surface area contributed by atoms with Gasteiger partial charge in [-0.3, -0.25) is 0 Å². The number of nitrogens with one attached hydrogen (secondary N) is 1. The number of hydrogen-bond acceptors (Lipinski definition) is 4. The van der Waals surface area contributed by atoms with Crippen molar-refractivity contribution in [1.82, 2.24) is 5.32 Å². The van der Waals surface area contributed by atoms with Crippen LogP contribution in [0.3, 0.4) is 0 Å². The van der Waals surface area contributed by atoms with Crippen LogP contribution in [0.25, 0.3) is 0 Å². The summed E-state index contributed by atoms with van der Waals surface area (Å²) in [6, 6.07) is 20.8. The Morgan fingerprint density at radius 3 is 2.17 bits per heavy atom. The lowest BCUT2D eigenvalue weighted by Crippen LogP contribution is -2.50. The first-order chi connectivity index (χ1) is 11.8. The van der Waals surface area contributed by atoms with Crippen molar-refractivity contribution in [3.05, 3.63) is 71.8 Å². The van der Waals surface area contributed by atoms with Gasteiger partial charge in [-0.1, -0.05) is 60.7 Å². The summed E-state index contributed by atoms with van der Waals surface area (Å²) in [6.07, 6.45) is 1.94. The van der Waals surface area contributed by atoms with E-state index in [0.29, 0.717) is 6.61 Å². The van der Waals surface area contributed by atoms with E-state index < -0.39 is 5.79 Å². The molecule has 2 aliphatic heterocycles. The van der Waals surface area contributed by atoms with Gasteiger partial charge in [0.25, 0.3) is 0 Å².